The van der Waals surface area contributed by atoms with Crippen LogP contribution in [0.3, 0.4) is 0 Å². The van der Waals surface area contributed by atoms with Gasteiger partial charge in [0.15, 0.2) is 5.13 Å². The monoisotopic (exact) mass is 408 g/mol. The number of amides is 1. The summed E-state index contributed by atoms with van der Waals surface area (Å²) < 4.78 is 5.54. The third-order valence-electron chi connectivity index (χ3n) is 4.36. The molecule has 0 unspecified atom stereocenters. The molecule has 2 heterocycles. The van der Waals surface area contributed by atoms with Crippen molar-refractivity contribution < 1.29 is 9.53 Å². The number of benzene rings is 2. The minimum absolute atomic E-state index is 0.227. The van der Waals surface area contributed by atoms with Crippen LogP contribution in [0.15, 0.2) is 66.4 Å². The predicted octanol–water partition coefficient (Wildman–Crippen LogP) is 5.62. The molecule has 1 aromatic heterocycles. The van der Waals surface area contributed by atoms with E-state index in [4.69, 9.17) is 16.3 Å². The van der Waals surface area contributed by atoms with Crippen molar-refractivity contribution in [2.45, 2.75) is 13.3 Å². The van der Waals surface area contributed by atoms with Gasteiger partial charge in [-0.15, -0.1) is 11.3 Å². The minimum Gasteiger partial charge on any atom is -0.464 e. The second-order valence-electron chi connectivity index (χ2n) is 6.31. The largest absolute Gasteiger partial charge is 0.464 e. The Morgan fingerprint density at radius 1 is 1.18 bits per heavy atom. The lowest BCUT2D eigenvalue weighted by Crippen LogP contribution is -2.12. The average molecular weight is 409 g/mol. The van der Waals surface area contributed by atoms with Crippen molar-refractivity contribution in [2.24, 2.45) is 0 Å². The topological polar surface area (TPSA) is 51.2 Å². The van der Waals surface area contributed by atoms with Crippen LogP contribution < -0.4 is 10.1 Å². The zero-order valence-electron chi connectivity index (χ0n) is 15.1. The van der Waals surface area contributed by atoms with E-state index in [1.807, 2.05) is 55.5 Å². The highest BCUT2D eigenvalue weighted by molar-refractivity contribution is 7.15. The summed E-state index contributed by atoms with van der Waals surface area (Å²) in [6, 6.07) is 15.3. The molecule has 0 aliphatic carbocycles. The number of carbonyl (C=O) groups is 1. The Hall–Kier alpha value is -2.89. The summed E-state index contributed by atoms with van der Waals surface area (Å²) in [5.74, 6) is 0.489. The number of nitrogens with one attached hydrogen (secondary N) is 1. The molecular weight excluding hydrogens is 392 g/mol. The van der Waals surface area contributed by atoms with Crippen molar-refractivity contribution in [3.8, 4) is 5.75 Å². The summed E-state index contributed by atoms with van der Waals surface area (Å²) >= 11 is 7.73. The van der Waals surface area contributed by atoms with Crippen molar-refractivity contribution in [3.63, 3.8) is 0 Å². The highest BCUT2D eigenvalue weighted by Crippen LogP contribution is 2.29. The molecule has 0 fully saturated rings. The van der Waals surface area contributed by atoms with E-state index < -0.39 is 0 Å². The zero-order valence-corrected chi connectivity index (χ0v) is 16.7. The van der Waals surface area contributed by atoms with E-state index in [0.29, 0.717) is 22.9 Å². The normalized spacial score (nSPS) is 12.6. The summed E-state index contributed by atoms with van der Waals surface area (Å²) in [4.78, 5) is 18.3. The summed E-state index contributed by atoms with van der Waals surface area (Å²) in [5.41, 5.74) is 3.29. The Labute approximate surface area is 172 Å². The molecule has 0 bridgehead atoms. The second kappa shape index (κ2) is 8.00. The van der Waals surface area contributed by atoms with E-state index in [2.05, 4.69) is 10.3 Å². The summed E-state index contributed by atoms with van der Waals surface area (Å²) in [6.07, 6.45) is 5.66. The fraction of sp³-hybridized carbons (Fsp3) is 0.0909. The zero-order chi connectivity index (χ0) is 19.5. The number of fused-ring (bicyclic) bond motifs is 1. The number of hydrogen-bond donors (Lipinski definition) is 1. The number of ether oxygens (including phenoxy) is 1. The van der Waals surface area contributed by atoms with Gasteiger partial charge in [-0.1, -0.05) is 48.0 Å². The third-order valence-corrected chi connectivity index (χ3v) is 5.80. The first-order valence-corrected chi connectivity index (χ1v) is 9.94. The van der Waals surface area contributed by atoms with Gasteiger partial charge in [-0.2, -0.15) is 0 Å². The van der Waals surface area contributed by atoms with Gasteiger partial charge in [0.25, 0.3) is 5.91 Å². The van der Waals surface area contributed by atoms with Gasteiger partial charge in [0.1, 0.15) is 5.75 Å². The molecule has 1 aliphatic rings. The van der Waals surface area contributed by atoms with Crippen molar-refractivity contribution in [2.75, 3.05) is 5.32 Å². The first-order valence-electron chi connectivity index (χ1n) is 8.75. The molecule has 1 N–H and O–H groups in total. The van der Waals surface area contributed by atoms with Crippen molar-refractivity contribution >= 4 is 40.1 Å². The Morgan fingerprint density at radius 2 is 1.96 bits per heavy atom. The SMILES string of the molecule is Cc1nc(NC(=O)C2=Cc3ccccc3OC=C2)sc1Cc1ccccc1Cl. The summed E-state index contributed by atoms with van der Waals surface area (Å²) in [5, 5.41) is 4.19. The van der Waals surface area contributed by atoms with Crippen LogP contribution in [0.1, 0.15) is 21.7 Å². The Balaban J connectivity index is 1.53. The van der Waals surface area contributed by atoms with Crippen LogP contribution in [0.2, 0.25) is 5.02 Å². The lowest BCUT2D eigenvalue weighted by Gasteiger charge is -2.03. The van der Waals surface area contributed by atoms with E-state index in [1.54, 1.807) is 12.2 Å². The van der Waals surface area contributed by atoms with E-state index in [1.165, 1.54) is 17.6 Å². The molecule has 28 heavy (non-hydrogen) atoms. The lowest BCUT2D eigenvalue weighted by atomic mass is 10.1. The number of aryl methyl sites for hydroxylation is 1. The summed E-state index contributed by atoms with van der Waals surface area (Å²) in [7, 11) is 0. The number of hydrogen-bond acceptors (Lipinski definition) is 4. The molecule has 1 amide bonds. The van der Waals surface area contributed by atoms with Gasteiger partial charge in [-0.05, 0) is 36.8 Å². The number of aromatic nitrogens is 1. The van der Waals surface area contributed by atoms with Crippen molar-refractivity contribution in [3.05, 3.63) is 93.2 Å². The highest BCUT2D eigenvalue weighted by atomic mass is 35.5. The van der Waals surface area contributed by atoms with E-state index in [0.717, 1.165) is 26.7 Å². The molecule has 140 valence electrons. The van der Waals surface area contributed by atoms with E-state index >= 15 is 0 Å². The molecule has 1 aliphatic heterocycles. The van der Waals surface area contributed by atoms with Crippen LogP contribution in [0.4, 0.5) is 5.13 Å². The van der Waals surface area contributed by atoms with Crippen LogP contribution in [-0.4, -0.2) is 10.9 Å². The Kier molecular flexibility index (Phi) is 5.28. The Morgan fingerprint density at radius 3 is 2.82 bits per heavy atom. The van der Waals surface area contributed by atoms with Gasteiger partial charge in [0.2, 0.25) is 0 Å². The smallest absolute Gasteiger partial charge is 0.257 e. The molecule has 0 saturated heterocycles. The molecule has 6 heteroatoms. The first kappa shape index (κ1) is 18.5. The first-order chi connectivity index (χ1) is 13.6. The minimum atomic E-state index is -0.227. The van der Waals surface area contributed by atoms with E-state index in [-0.39, 0.29) is 5.91 Å². The van der Waals surface area contributed by atoms with Crippen LogP contribution in [0, 0.1) is 6.92 Å². The standard InChI is InChI=1S/C22H17ClN2O2S/c1-14-20(13-15-6-2-4-8-18(15)23)28-22(24-14)25-21(26)17-10-11-27-19-9-5-3-7-16(19)12-17/h2-12H,13H2,1H3,(H,24,25,26). The fourth-order valence-corrected chi connectivity index (χ4v) is 4.06. The van der Waals surface area contributed by atoms with Crippen LogP contribution in [0.25, 0.3) is 6.08 Å². The van der Waals surface area contributed by atoms with Gasteiger partial charge >= 0.3 is 0 Å². The van der Waals surface area contributed by atoms with Gasteiger partial charge < -0.3 is 4.74 Å². The number of carbonyl (C=O) groups excluding carboxylic acids is 1. The maximum atomic E-state index is 12.7. The number of thiazole rings is 1. The number of rotatable bonds is 4. The quantitative estimate of drug-likeness (QED) is 0.609. The third kappa shape index (κ3) is 4.01. The molecule has 2 aromatic carbocycles. The Bertz CT molecular complexity index is 1100. The van der Waals surface area contributed by atoms with Crippen LogP contribution >= 0.6 is 22.9 Å². The number of anilines is 1. The molecule has 3 aromatic rings. The second-order valence-corrected chi connectivity index (χ2v) is 7.80. The van der Waals surface area contributed by atoms with Crippen molar-refractivity contribution in [1.29, 1.82) is 0 Å². The predicted molar refractivity (Wildman–Crippen MR) is 114 cm³/mol. The van der Waals surface area contributed by atoms with Gasteiger partial charge in [0, 0.05) is 27.5 Å². The molecule has 4 nitrogen and oxygen atoms in total. The maximum absolute atomic E-state index is 12.7. The molecule has 4 rings (SSSR count). The molecule has 0 radical (unpaired) electrons. The van der Waals surface area contributed by atoms with Gasteiger partial charge in [-0.3, -0.25) is 10.1 Å². The maximum Gasteiger partial charge on any atom is 0.257 e. The highest BCUT2D eigenvalue weighted by Gasteiger charge is 2.15. The van der Waals surface area contributed by atoms with Crippen LogP contribution in [-0.2, 0) is 11.2 Å². The van der Waals surface area contributed by atoms with Gasteiger partial charge in [-0.25, -0.2) is 4.98 Å². The molecule has 0 spiro atoms. The summed E-state index contributed by atoms with van der Waals surface area (Å²) in [6.45, 7) is 1.94. The van der Waals surface area contributed by atoms with Crippen LogP contribution in [0.5, 0.6) is 5.75 Å². The molecule has 0 saturated carbocycles. The number of para-hydroxylation sites is 1. The van der Waals surface area contributed by atoms with Gasteiger partial charge in [0.05, 0.1) is 12.0 Å². The van der Waals surface area contributed by atoms with E-state index in [9.17, 15) is 4.79 Å². The number of halogens is 1. The van der Waals surface area contributed by atoms with Crippen molar-refractivity contribution in [1.82, 2.24) is 4.98 Å². The molecule has 0 atom stereocenters. The average Bonchev–Trinajstić information content (AvgIpc) is 2.90. The molecular formula is C22H17ClN2O2S. The number of nitrogens with zero attached hydrogens (tertiary/aromatic N) is 1. The lowest BCUT2D eigenvalue weighted by molar-refractivity contribution is -0.112. The fourth-order valence-electron chi connectivity index (χ4n) is 2.87.